The molecule has 4 nitrogen and oxygen atoms in total. The molecule has 0 saturated heterocycles. The second kappa shape index (κ2) is 4.92. The largest absolute Gasteiger partial charge is 0.439 e. The number of para-hydroxylation sites is 2. The van der Waals surface area contributed by atoms with Gasteiger partial charge in [-0.3, -0.25) is 9.55 Å². The minimum absolute atomic E-state index is 0.803. The normalized spacial score (nSPS) is 11.8. The Bertz CT molecular complexity index is 1420. The number of rotatable bonds is 1. The maximum atomic E-state index is 6.23. The topological polar surface area (TPSA) is 43.9 Å². The summed E-state index contributed by atoms with van der Waals surface area (Å²) in [6.07, 6.45) is 3.62. The van der Waals surface area contributed by atoms with E-state index in [1.165, 1.54) is 0 Å². The van der Waals surface area contributed by atoms with E-state index < -0.39 is 0 Å². The molecule has 0 spiro atoms. The van der Waals surface area contributed by atoms with E-state index in [0.29, 0.717) is 0 Å². The van der Waals surface area contributed by atoms with Crippen LogP contribution in [-0.4, -0.2) is 14.5 Å². The molecule has 0 unspecified atom stereocenters. The van der Waals surface area contributed by atoms with Gasteiger partial charge in [-0.15, -0.1) is 0 Å². The Morgan fingerprint density at radius 1 is 0.846 bits per heavy atom. The number of benzene rings is 2. The SMILES string of the molecule is c1ccc(-n2c3nc4ccccc4cc3c3c4cnccc4oc32)cc1. The maximum absolute atomic E-state index is 6.23. The van der Waals surface area contributed by atoms with E-state index in [4.69, 9.17) is 9.40 Å². The monoisotopic (exact) mass is 335 g/mol. The number of hydrogen-bond donors (Lipinski definition) is 0. The van der Waals surface area contributed by atoms with Gasteiger partial charge in [-0.2, -0.15) is 0 Å². The number of hydrogen-bond acceptors (Lipinski definition) is 3. The molecule has 0 N–H and O–H groups in total. The molecule has 26 heavy (non-hydrogen) atoms. The summed E-state index contributed by atoms with van der Waals surface area (Å²) in [4.78, 5) is 9.25. The van der Waals surface area contributed by atoms with Gasteiger partial charge in [-0.05, 0) is 30.3 Å². The van der Waals surface area contributed by atoms with Crippen LogP contribution in [0.15, 0.2) is 83.5 Å². The molecule has 0 fully saturated rings. The van der Waals surface area contributed by atoms with Gasteiger partial charge in [0, 0.05) is 28.6 Å². The van der Waals surface area contributed by atoms with Gasteiger partial charge in [0.1, 0.15) is 11.2 Å². The van der Waals surface area contributed by atoms with Crippen LogP contribution in [0.2, 0.25) is 0 Å². The average molecular weight is 335 g/mol. The molecule has 4 aromatic heterocycles. The lowest BCUT2D eigenvalue weighted by Crippen LogP contribution is -1.94. The minimum atomic E-state index is 0.803. The molecule has 0 saturated carbocycles. The van der Waals surface area contributed by atoms with Crippen molar-refractivity contribution in [3.05, 3.63) is 79.1 Å². The van der Waals surface area contributed by atoms with E-state index >= 15 is 0 Å². The predicted octanol–water partition coefficient (Wildman–Crippen LogP) is 5.47. The molecule has 4 heteroatoms. The first-order chi connectivity index (χ1) is 12.9. The Balaban J connectivity index is 1.91. The van der Waals surface area contributed by atoms with Crippen LogP contribution in [0, 0.1) is 0 Å². The molecule has 2 aromatic carbocycles. The highest BCUT2D eigenvalue weighted by Gasteiger charge is 2.20. The zero-order valence-corrected chi connectivity index (χ0v) is 13.8. The lowest BCUT2D eigenvalue weighted by Gasteiger charge is -2.06. The van der Waals surface area contributed by atoms with Crippen molar-refractivity contribution < 1.29 is 4.42 Å². The molecule has 4 heterocycles. The van der Waals surface area contributed by atoms with E-state index in [0.717, 1.165) is 49.7 Å². The van der Waals surface area contributed by atoms with Gasteiger partial charge in [0.25, 0.3) is 0 Å². The minimum Gasteiger partial charge on any atom is -0.439 e. The molecule has 0 aliphatic rings. The highest BCUT2D eigenvalue weighted by Crippen LogP contribution is 2.38. The smallest absolute Gasteiger partial charge is 0.215 e. The van der Waals surface area contributed by atoms with Crippen molar-refractivity contribution in [3.63, 3.8) is 0 Å². The first-order valence-corrected chi connectivity index (χ1v) is 8.52. The highest BCUT2D eigenvalue weighted by atomic mass is 16.3. The summed E-state index contributed by atoms with van der Waals surface area (Å²) < 4.78 is 8.33. The van der Waals surface area contributed by atoms with Crippen LogP contribution in [0.4, 0.5) is 0 Å². The molecule has 0 atom stereocenters. The molecule has 6 aromatic rings. The molecular weight excluding hydrogens is 322 g/mol. The number of furan rings is 1. The molecule has 0 aliphatic heterocycles. The van der Waals surface area contributed by atoms with Crippen molar-refractivity contribution in [1.82, 2.24) is 14.5 Å². The average Bonchev–Trinajstić information content (AvgIpc) is 3.21. The summed E-state index contributed by atoms with van der Waals surface area (Å²) in [6.45, 7) is 0. The lowest BCUT2D eigenvalue weighted by atomic mass is 10.1. The fraction of sp³-hybridized carbons (Fsp3) is 0. The number of nitrogens with zero attached hydrogens (tertiary/aromatic N) is 3. The highest BCUT2D eigenvalue weighted by molar-refractivity contribution is 6.20. The van der Waals surface area contributed by atoms with E-state index in [1.807, 2.05) is 48.7 Å². The van der Waals surface area contributed by atoms with Crippen LogP contribution < -0.4 is 0 Å². The van der Waals surface area contributed by atoms with E-state index in [9.17, 15) is 0 Å². The third-order valence-electron chi connectivity index (χ3n) is 4.87. The maximum Gasteiger partial charge on any atom is 0.215 e. The van der Waals surface area contributed by atoms with Gasteiger partial charge in [0.15, 0.2) is 0 Å². The first kappa shape index (κ1) is 13.6. The number of fused-ring (bicyclic) bond motifs is 6. The van der Waals surface area contributed by atoms with Crippen LogP contribution in [0.25, 0.3) is 49.7 Å². The second-order valence-corrected chi connectivity index (χ2v) is 6.38. The van der Waals surface area contributed by atoms with Crippen molar-refractivity contribution in [1.29, 1.82) is 0 Å². The van der Waals surface area contributed by atoms with Crippen LogP contribution >= 0.6 is 0 Å². The Labute approximate surface area is 148 Å². The number of aromatic nitrogens is 3. The Kier molecular flexibility index (Phi) is 2.58. The van der Waals surface area contributed by atoms with Crippen LogP contribution in [-0.2, 0) is 0 Å². The fourth-order valence-corrected chi connectivity index (χ4v) is 3.72. The summed E-state index contributed by atoms with van der Waals surface area (Å²) in [7, 11) is 0. The summed E-state index contributed by atoms with van der Waals surface area (Å²) >= 11 is 0. The van der Waals surface area contributed by atoms with E-state index in [-0.39, 0.29) is 0 Å². The van der Waals surface area contributed by atoms with E-state index in [2.05, 4.69) is 33.8 Å². The predicted molar refractivity (Wildman–Crippen MR) is 104 cm³/mol. The third-order valence-corrected chi connectivity index (χ3v) is 4.87. The summed E-state index contributed by atoms with van der Waals surface area (Å²) in [5.41, 5.74) is 4.54. The zero-order valence-electron chi connectivity index (χ0n) is 13.8. The van der Waals surface area contributed by atoms with Crippen LogP contribution in [0.1, 0.15) is 0 Å². The first-order valence-electron chi connectivity index (χ1n) is 8.52. The van der Waals surface area contributed by atoms with Gasteiger partial charge in [-0.1, -0.05) is 36.4 Å². The van der Waals surface area contributed by atoms with Gasteiger partial charge < -0.3 is 4.42 Å². The van der Waals surface area contributed by atoms with Crippen molar-refractivity contribution in [2.24, 2.45) is 0 Å². The molecule has 0 radical (unpaired) electrons. The second-order valence-electron chi connectivity index (χ2n) is 6.38. The van der Waals surface area contributed by atoms with Crippen molar-refractivity contribution in [2.45, 2.75) is 0 Å². The van der Waals surface area contributed by atoms with Crippen LogP contribution in [0.3, 0.4) is 0 Å². The number of pyridine rings is 2. The standard InChI is InChI=1S/C22H13N3O/c1-2-7-15(8-3-1)25-21-16(12-14-6-4-5-9-18(14)24-21)20-17-13-23-11-10-19(17)26-22(20)25/h1-13H. The quantitative estimate of drug-likeness (QED) is 0.400. The third kappa shape index (κ3) is 1.73. The molecular formula is C22H13N3O. The molecule has 0 aliphatic carbocycles. The zero-order chi connectivity index (χ0) is 17.1. The summed E-state index contributed by atoms with van der Waals surface area (Å²) in [5.74, 6) is 0. The van der Waals surface area contributed by atoms with Crippen molar-refractivity contribution in [2.75, 3.05) is 0 Å². The Hall–Kier alpha value is -3.66. The van der Waals surface area contributed by atoms with Gasteiger partial charge in [0.05, 0.1) is 16.6 Å². The Morgan fingerprint density at radius 3 is 2.62 bits per heavy atom. The van der Waals surface area contributed by atoms with Gasteiger partial charge >= 0.3 is 0 Å². The van der Waals surface area contributed by atoms with Gasteiger partial charge in [0.2, 0.25) is 5.71 Å². The fourth-order valence-electron chi connectivity index (χ4n) is 3.72. The lowest BCUT2D eigenvalue weighted by molar-refractivity contribution is 0.644. The Morgan fingerprint density at radius 2 is 1.69 bits per heavy atom. The van der Waals surface area contributed by atoms with Gasteiger partial charge in [-0.25, -0.2) is 4.98 Å². The summed E-state index contributed by atoms with van der Waals surface area (Å²) in [5, 5.41) is 4.27. The van der Waals surface area contributed by atoms with Crippen molar-refractivity contribution in [3.8, 4) is 5.69 Å². The molecule has 0 bridgehead atoms. The molecule has 0 amide bonds. The van der Waals surface area contributed by atoms with E-state index in [1.54, 1.807) is 6.20 Å². The summed E-state index contributed by atoms with van der Waals surface area (Å²) in [6, 6.07) is 22.5. The van der Waals surface area contributed by atoms with Crippen molar-refractivity contribution >= 4 is 44.0 Å². The molecule has 122 valence electrons. The molecule has 6 rings (SSSR count). The van der Waals surface area contributed by atoms with Crippen LogP contribution in [0.5, 0.6) is 0 Å².